The van der Waals surface area contributed by atoms with E-state index >= 15 is 0 Å². The Labute approximate surface area is 188 Å². The fourth-order valence-electron chi connectivity index (χ4n) is 4.18. The van der Waals surface area contributed by atoms with Crippen LogP contribution in [0.4, 0.5) is 0 Å². The molecule has 1 heteroatoms. The number of hydrogen-bond donors (Lipinski definition) is 0. The van der Waals surface area contributed by atoms with Gasteiger partial charge in [0.05, 0.1) is 0 Å². The Morgan fingerprint density at radius 1 is 0.933 bits per heavy atom. The molecule has 0 fully saturated rings. The molecule has 0 saturated heterocycles. The summed E-state index contributed by atoms with van der Waals surface area (Å²) in [6.45, 7) is 17.7. The van der Waals surface area contributed by atoms with E-state index in [4.69, 9.17) is 11.2 Å². The fourth-order valence-corrected chi connectivity index (χ4v) is 4.18. The lowest BCUT2D eigenvalue weighted by Gasteiger charge is -2.27. The number of hydrogen-bond acceptors (Lipinski definition) is 1. The van der Waals surface area contributed by atoms with Crippen LogP contribution in [0, 0.1) is 56.9 Å². The van der Waals surface area contributed by atoms with E-state index in [9.17, 15) is 0 Å². The SMILES string of the molecule is C#C[C@](C)(CCC[C@@H](C)CCC[C@@H](C)CCCC(C)C)Oc1cc(C)[c]c(C)c1C. The van der Waals surface area contributed by atoms with E-state index in [0.717, 1.165) is 53.0 Å². The molecule has 0 saturated carbocycles. The van der Waals surface area contributed by atoms with Gasteiger partial charge in [-0.2, -0.15) is 0 Å². The van der Waals surface area contributed by atoms with Crippen LogP contribution in [0.1, 0.15) is 109 Å². The lowest BCUT2D eigenvalue weighted by molar-refractivity contribution is 0.134. The minimum atomic E-state index is -0.546. The minimum absolute atomic E-state index is 0.546. The van der Waals surface area contributed by atoms with E-state index in [1.54, 1.807) is 0 Å². The predicted molar refractivity (Wildman–Crippen MR) is 132 cm³/mol. The van der Waals surface area contributed by atoms with Gasteiger partial charge in [-0.05, 0) is 87.1 Å². The maximum atomic E-state index is 6.34. The van der Waals surface area contributed by atoms with Gasteiger partial charge in [0.15, 0.2) is 5.60 Å². The molecule has 1 rings (SSSR count). The average molecular weight is 412 g/mol. The molecule has 0 aromatic heterocycles. The second kappa shape index (κ2) is 13.1. The Hall–Kier alpha value is -1.42. The van der Waals surface area contributed by atoms with Crippen molar-refractivity contribution in [3.8, 4) is 18.1 Å². The van der Waals surface area contributed by atoms with Crippen LogP contribution in [0.2, 0.25) is 0 Å². The van der Waals surface area contributed by atoms with Gasteiger partial charge in [-0.25, -0.2) is 0 Å². The molecule has 1 aromatic carbocycles. The standard InChI is InChI=1S/C29H47O/c1-10-29(9,30-28-21-25(6)20-26(7)27(28)8)19-13-18-24(5)17-12-16-23(4)15-11-14-22(2)3/h1,21-24H,11-19H2,2-9H3/t23-,24-,29+/m0/s1. The predicted octanol–water partition coefficient (Wildman–Crippen LogP) is 8.62. The van der Waals surface area contributed by atoms with Crippen molar-refractivity contribution in [2.45, 2.75) is 119 Å². The molecule has 0 heterocycles. The van der Waals surface area contributed by atoms with Crippen LogP contribution in [-0.2, 0) is 0 Å². The molecule has 169 valence electrons. The minimum Gasteiger partial charge on any atom is -0.475 e. The Bertz CT molecular complexity index is 666. The van der Waals surface area contributed by atoms with Gasteiger partial charge in [0.25, 0.3) is 0 Å². The largest absolute Gasteiger partial charge is 0.475 e. The van der Waals surface area contributed by atoms with E-state index in [2.05, 4.69) is 73.4 Å². The summed E-state index contributed by atoms with van der Waals surface area (Å²) in [5, 5.41) is 0. The Morgan fingerprint density at radius 3 is 2.00 bits per heavy atom. The van der Waals surface area contributed by atoms with Gasteiger partial charge in [-0.3, -0.25) is 0 Å². The molecule has 0 N–H and O–H groups in total. The summed E-state index contributed by atoms with van der Waals surface area (Å²) in [6, 6.07) is 5.41. The maximum absolute atomic E-state index is 6.34. The highest BCUT2D eigenvalue weighted by Crippen LogP contribution is 2.30. The summed E-state index contributed by atoms with van der Waals surface area (Å²) in [5.74, 6) is 6.29. The third kappa shape index (κ3) is 10.1. The molecule has 0 aliphatic carbocycles. The van der Waals surface area contributed by atoms with Crippen LogP contribution in [0.3, 0.4) is 0 Å². The zero-order valence-electron chi connectivity index (χ0n) is 21.2. The molecular formula is C29H47O. The Balaban J connectivity index is 2.37. The molecule has 3 atom stereocenters. The van der Waals surface area contributed by atoms with E-state index in [0.29, 0.717) is 0 Å². The quantitative estimate of drug-likeness (QED) is 0.278. The molecule has 0 aliphatic rings. The van der Waals surface area contributed by atoms with Crippen LogP contribution in [0.15, 0.2) is 6.07 Å². The van der Waals surface area contributed by atoms with Gasteiger partial charge in [0, 0.05) is 0 Å². The third-order valence-corrected chi connectivity index (χ3v) is 6.53. The monoisotopic (exact) mass is 411 g/mol. The van der Waals surface area contributed by atoms with Crippen LogP contribution in [-0.4, -0.2) is 5.60 Å². The zero-order valence-corrected chi connectivity index (χ0v) is 21.2. The first-order valence-electron chi connectivity index (χ1n) is 12.2. The Morgan fingerprint density at radius 2 is 1.47 bits per heavy atom. The molecule has 1 aromatic rings. The number of aryl methyl sites for hydroxylation is 2. The maximum Gasteiger partial charge on any atom is 0.166 e. The summed E-state index contributed by atoms with van der Waals surface area (Å²) in [4.78, 5) is 0. The van der Waals surface area contributed by atoms with Crippen LogP contribution < -0.4 is 4.74 Å². The van der Waals surface area contributed by atoms with Crippen LogP contribution >= 0.6 is 0 Å². The van der Waals surface area contributed by atoms with Gasteiger partial charge in [0.2, 0.25) is 0 Å². The normalized spacial score (nSPS) is 15.5. The van der Waals surface area contributed by atoms with Crippen molar-refractivity contribution in [3.63, 3.8) is 0 Å². The number of ether oxygens (including phenoxy) is 1. The summed E-state index contributed by atoms with van der Waals surface area (Å²) < 4.78 is 6.34. The average Bonchev–Trinajstić information content (AvgIpc) is 2.65. The first-order valence-corrected chi connectivity index (χ1v) is 12.2. The van der Waals surface area contributed by atoms with Crippen molar-refractivity contribution in [2.24, 2.45) is 17.8 Å². The van der Waals surface area contributed by atoms with Crippen molar-refractivity contribution < 1.29 is 4.74 Å². The molecule has 0 unspecified atom stereocenters. The summed E-state index contributed by atoms with van der Waals surface area (Å²) in [7, 11) is 0. The third-order valence-electron chi connectivity index (χ3n) is 6.53. The van der Waals surface area contributed by atoms with Gasteiger partial charge in [-0.1, -0.05) is 78.6 Å². The first-order chi connectivity index (χ1) is 14.1. The molecule has 30 heavy (non-hydrogen) atoms. The van der Waals surface area contributed by atoms with E-state index in [1.165, 1.54) is 44.9 Å². The van der Waals surface area contributed by atoms with Gasteiger partial charge < -0.3 is 4.74 Å². The molecule has 1 radical (unpaired) electrons. The lowest BCUT2D eigenvalue weighted by Crippen LogP contribution is -2.31. The molecule has 0 aliphatic heterocycles. The van der Waals surface area contributed by atoms with Crippen LogP contribution in [0.25, 0.3) is 0 Å². The van der Waals surface area contributed by atoms with E-state index in [-0.39, 0.29) is 0 Å². The summed E-state index contributed by atoms with van der Waals surface area (Å²) in [5.41, 5.74) is 2.82. The number of benzene rings is 1. The number of terminal acetylenes is 1. The zero-order chi connectivity index (χ0) is 22.7. The first kappa shape index (κ1) is 26.6. The fraction of sp³-hybridized carbons (Fsp3) is 0.724. The smallest absolute Gasteiger partial charge is 0.166 e. The molecular weight excluding hydrogens is 364 g/mol. The highest BCUT2D eigenvalue weighted by atomic mass is 16.5. The number of rotatable bonds is 14. The van der Waals surface area contributed by atoms with Crippen molar-refractivity contribution in [2.75, 3.05) is 0 Å². The van der Waals surface area contributed by atoms with Gasteiger partial charge in [-0.15, -0.1) is 6.42 Å². The van der Waals surface area contributed by atoms with E-state index in [1.807, 2.05) is 0 Å². The van der Waals surface area contributed by atoms with E-state index < -0.39 is 5.60 Å². The topological polar surface area (TPSA) is 9.23 Å². The van der Waals surface area contributed by atoms with Crippen molar-refractivity contribution in [1.82, 2.24) is 0 Å². The highest BCUT2D eigenvalue weighted by Gasteiger charge is 2.24. The van der Waals surface area contributed by atoms with Crippen LogP contribution in [0.5, 0.6) is 5.75 Å². The molecule has 1 nitrogen and oxygen atoms in total. The Kier molecular flexibility index (Phi) is 11.6. The highest BCUT2D eigenvalue weighted by molar-refractivity contribution is 5.42. The molecule has 0 amide bonds. The van der Waals surface area contributed by atoms with Gasteiger partial charge >= 0.3 is 0 Å². The van der Waals surface area contributed by atoms with Gasteiger partial charge in [0.1, 0.15) is 5.75 Å². The molecule has 0 bridgehead atoms. The van der Waals surface area contributed by atoms with Crippen molar-refractivity contribution in [1.29, 1.82) is 0 Å². The summed E-state index contributed by atoms with van der Waals surface area (Å²) in [6.07, 6.45) is 17.3. The summed E-state index contributed by atoms with van der Waals surface area (Å²) >= 11 is 0. The second-order valence-electron chi connectivity index (χ2n) is 10.4. The van der Waals surface area contributed by atoms with Crippen molar-refractivity contribution >= 4 is 0 Å². The van der Waals surface area contributed by atoms with Crippen molar-refractivity contribution in [3.05, 3.63) is 28.8 Å². The second-order valence-corrected chi connectivity index (χ2v) is 10.4. The molecule has 0 spiro atoms. The lowest BCUT2D eigenvalue weighted by atomic mass is 9.90.